The second kappa shape index (κ2) is 5.62. The van der Waals surface area contributed by atoms with Gasteiger partial charge in [0.05, 0.1) is 12.5 Å². The first-order chi connectivity index (χ1) is 7.91. The largest absolute Gasteiger partial charge is 0.481 e. The van der Waals surface area contributed by atoms with Crippen LogP contribution in [0.2, 0.25) is 0 Å². The fourth-order valence-electron chi connectivity index (χ4n) is 1.42. The van der Waals surface area contributed by atoms with Crippen molar-refractivity contribution in [3.8, 4) is 0 Å². The Kier molecular flexibility index (Phi) is 4.45. The van der Waals surface area contributed by atoms with E-state index in [1.54, 1.807) is 6.92 Å². The van der Waals surface area contributed by atoms with Gasteiger partial charge in [-0.1, -0.05) is 0 Å². The zero-order valence-electron chi connectivity index (χ0n) is 9.82. The van der Waals surface area contributed by atoms with Crippen LogP contribution in [0.15, 0.2) is 0 Å². The van der Waals surface area contributed by atoms with E-state index in [1.165, 1.54) is 6.92 Å². The first-order valence-electron chi connectivity index (χ1n) is 5.45. The molecule has 0 bridgehead atoms. The highest BCUT2D eigenvalue weighted by Gasteiger charge is 2.27. The van der Waals surface area contributed by atoms with Crippen molar-refractivity contribution in [2.24, 2.45) is 5.92 Å². The van der Waals surface area contributed by atoms with Crippen molar-refractivity contribution >= 4 is 17.8 Å². The summed E-state index contributed by atoms with van der Waals surface area (Å²) >= 11 is 0. The smallest absolute Gasteiger partial charge is 0.308 e. The lowest BCUT2D eigenvalue weighted by atomic mass is 10.0. The summed E-state index contributed by atoms with van der Waals surface area (Å²) < 4.78 is 0. The fraction of sp³-hybridized carbons (Fsp3) is 0.700. The number of hydrogen-bond donors (Lipinski definition) is 4. The summed E-state index contributed by atoms with van der Waals surface area (Å²) in [6.07, 6.45) is 0. The molecule has 17 heavy (non-hydrogen) atoms. The molecule has 96 valence electrons. The second-order valence-electron chi connectivity index (χ2n) is 4.16. The maximum atomic E-state index is 11.7. The van der Waals surface area contributed by atoms with Gasteiger partial charge in [0.15, 0.2) is 0 Å². The minimum absolute atomic E-state index is 0.0982. The van der Waals surface area contributed by atoms with Gasteiger partial charge in [0.1, 0.15) is 6.04 Å². The molecule has 1 aliphatic rings. The van der Waals surface area contributed by atoms with Crippen molar-refractivity contribution in [1.29, 1.82) is 0 Å². The van der Waals surface area contributed by atoms with Gasteiger partial charge in [0.25, 0.3) is 0 Å². The van der Waals surface area contributed by atoms with Crippen LogP contribution >= 0.6 is 0 Å². The molecule has 0 radical (unpaired) electrons. The standard InChI is InChI=1S/C10H17N3O4/c1-5(10(16)17)6(2)13-9(15)7-3-12-8(14)4-11-7/h5-7,11H,3-4H2,1-2H3,(H,12,14)(H,13,15)(H,16,17). The van der Waals surface area contributed by atoms with Crippen LogP contribution in [-0.2, 0) is 14.4 Å². The van der Waals surface area contributed by atoms with Crippen LogP contribution in [0.3, 0.4) is 0 Å². The number of carbonyl (C=O) groups excluding carboxylic acids is 2. The van der Waals surface area contributed by atoms with Gasteiger partial charge < -0.3 is 15.7 Å². The number of hydrogen-bond acceptors (Lipinski definition) is 4. The molecule has 1 saturated heterocycles. The Morgan fingerprint density at radius 3 is 2.59 bits per heavy atom. The Labute approximate surface area is 98.9 Å². The zero-order valence-corrected chi connectivity index (χ0v) is 9.82. The van der Waals surface area contributed by atoms with E-state index in [0.717, 1.165) is 0 Å². The highest BCUT2D eigenvalue weighted by Crippen LogP contribution is 2.02. The molecule has 0 aliphatic carbocycles. The minimum Gasteiger partial charge on any atom is -0.481 e. The minimum atomic E-state index is -0.956. The molecular weight excluding hydrogens is 226 g/mol. The third kappa shape index (κ3) is 3.70. The number of carboxylic acids is 1. The third-order valence-corrected chi connectivity index (χ3v) is 2.84. The molecule has 1 rings (SSSR count). The van der Waals surface area contributed by atoms with E-state index < -0.39 is 24.0 Å². The zero-order chi connectivity index (χ0) is 13.0. The van der Waals surface area contributed by atoms with E-state index >= 15 is 0 Å². The monoisotopic (exact) mass is 243 g/mol. The molecule has 0 saturated carbocycles. The van der Waals surface area contributed by atoms with Crippen molar-refractivity contribution in [3.63, 3.8) is 0 Å². The van der Waals surface area contributed by atoms with Gasteiger partial charge in [-0.15, -0.1) is 0 Å². The summed E-state index contributed by atoms with van der Waals surface area (Å²) in [5.41, 5.74) is 0. The Morgan fingerprint density at radius 2 is 2.12 bits per heavy atom. The van der Waals surface area contributed by atoms with E-state index in [-0.39, 0.29) is 24.9 Å². The number of piperazine rings is 1. The molecule has 7 heteroatoms. The molecule has 7 nitrogen and oxygen atoms in total. The van der Waals surface area contributed by atoms with Crippen molar-refractivity contribution < 1.29 is 19.5 Å². The molecule has 0 spiro atoms. The van der Waals surface area contributed by atoms with Crippen LogP contribution in [0.25, 0.3) is 0 Å². The van der Waals surface area contributed by atoms with E-state index in [1.807, 2.05) is 0 Å². The highest BCUT2D eigenvalue weighted by atomic mass is 16.4. The van der Waals surface area contributed by atoms with Gasteiger partial charge in [-0.3, -0.25) is 19.7 Å². The Hall–Kier alpha value is -1.63. The first-order valence-corrected chi connectivity index (χ1v) is 5.45. The quantitative estimate of drug-likeness (QED) is 0.471. The summed E-state index contributed by atoms with van der Waals surface area (Å²) in [6.45, 7) is 3.49. The van der Waals surface area contributed by atoms with Crippen molar-refractivity contribution in [1.82, 2.24) is 16.0 Å². The fourth-order valence-corrected chi connectivity index (χ4v) is 1.42. The maximum Gasteiger partial charge on any atom is 0.308 e. The molecule has 4 N–H and O–H groups in total. The van der Waals surface area contributed by atoms with Crippen LogP contribution < -0.4 is 16.0 Å². The lowest BCUT2D eigenvalue weighted by molar-refractivity contribution is -0.142. The molecule has 1 fully saturated rings. The third-order valence-electron chi connectivity index (χ3n) is 2.84. The SMILES string of the molecule is CC(NC(=O)C1CNC(=O)CN1)C(C)C(=O)O. The van der Waals surface area contributed by atoms with Gasteiger partial charge in [-0.25, -0.2) is 0 Å². The number of aliphatic carboxylic acids is 1. The average molecular weight is 243 g/mol. The molecule has 0 aromatic heterocycles. The number of carboxylic acid groups (broad SMARTS) is 1. The summed E-state index contributed by atoms with van der Waals surface area (Å²) in [5, 5.41) is 16.7. The Balaban J connectivity index is 2.43. The average Bonchev–Trinajstić information content (AvgIpc) is 2.28. The first kappa shape index (κ1) is 13.4. The Morgan fingerprint density at radius 1 is 1.47 bits per heavy atom. The molecule has 3 unspecified atom stereocenters. The van der Waals surface area contributed by atoms with Gasteiger partial charge in [0, 0.05) is 12.6 Å². The maximum absolute atomic E-state index is 11.7. The normalized spacial score (nSPS) is 23.4. The van der Waals surface area contributed by atoms with Gasteiger partial charge >= 0.3 is 5.97 Å². The van der Waals surface area contributed by atoms with Crippen LogP contribution in [0, 0.1) is 5.92 Å². The summed E-state index contributed by atoms with van der Waals surface area (Å²) in [7, 11) is 0. The van der Waals surface area contributed by atoms with E-state index in [9.17, 15) is 14.4 Å². The lowest BCUT2D eigenvalue weighted by Crippen LogP contribution is -2.59. The number of amides is 2. The van der Waals surface area contributed by atoms with Crippen molar-refractivity contribution in [2.75, 3.05) is 13.1 Å². The molecule has 3 atom stereocenters. The van der Waals surface area contributed by atoms with Crippen LogP contribution in [0.5, 0.6) is 0 Å². The predicted octanol–water partition coefficient (Wildman–Crippen LogP) is -1.70. The van der Waals surface area contributed by atoms with Gasteiger partial charge in [0.2, 0.25) is 11.8 Å². The number of rotatable bonds is 4. The van der Waals surface area contributed by atoms with Gasteiger partial charge in [-0.2, -0.15) is 0 Å². The Bertz CT molecular complexity index is 322. The van der Waals surface area contributed by atoms with E-state index in [2.05, 4.69) is 16.0 Å². The topological polar surface area (TPSA) is 108 Å². The van der Waals surface area contributed by atoms with Crippen LogP contribution in [0.1, 0.15) is 13.8 Å². The van der Waals surface area contributed by atoms with Crippen molar-refractivity contribution in [3.05, 3.63) is 0 Å². The van der Waals surface area contributed by atoms with Crippen LogP contribution in [0.4, 0.5) is 0 Å². The van der Waals surface area contributed by atoms with E-state index in [4.69, 9.17) is 5.11 Å². The molecule has 0 aromatic carbocycles. The molecule has 1 heterocycles. The second-order valence-corrected chi connectivity index (χ2v) is 4.16. The molecular formula is C10H17N3O4. The predicted molar refractivity (Wildman–Crippen MR) is 59.2 cm³/mol. The molecule has 0 aromatic rings. The number of nitrogens with one attached hydrogen (secondary N) is 3. The van der Waals surface area contributed by atoms with Gasteiger partial charge in [-0.05, 0) is 13.8 Å². The van der Waals surface area contributed by atoms with Crippen molar-refractivity contribution in [2.45, 2.75) is 25.9 Å². The number of carbonyl (C=O) groups is 3. The molecule has 2 amide bonds. The lowest BCUT2D eigenvalue weighted by Gasteiger charge is -2.26. The van der Waals surface area contributed by atoms with E-state index in [0.29, 0.717) is 0 Å². The summed E-state index contributed by atoms with van der Waals surface area (Å²) in [5.74, 6) is -2.06. The highest BCUT2D eigenvalue weighted by molar-refractivity contribution is 5.87. The van der Waals surface area contributed by atoms with Crippen LogP contribution in [-0.4, -0.2) is 48.1 Å². The molecule has 1 aliphatic heterocycles. The summed E-state index contributed by atoms with van der Waals surface area (Å²) in [6, 6.07) is -0.962. The summed E-state index contributed by atoms with van der Waals surface area (Å²) in [4.78, 5) is 33.3.